The van der Waals surface area contributed by atoms with Crippen molar-refractivity contribution in [3.8, 4) is 0 Å². The van der Waals surface area contributed by atoms with Gasteiger partial charge in [-0.05, 0) is 24.6 Å². The van der Waals surface area contributed by atoms with Gasteiger partial charge in [0.05, 0.1) is 6.54 Å². The second-order valence-electron chi connectivity index (χ2n) is 5.77. The number of carbonyl (C=O) groups is 2. The molecule has 0 unspecified atom stereocenters. The van der Waals surface area contributed by atoms with E-state index in [-0.39, 0.29) is 11.8 Å². The van der Waals surface area contributed by atoms with Crippen molar-refractivity contribution in [1.82, 2.24) is 10.2 Å². The second kappa shape index (κ2) is 6.89. The van der Waals surface area contributed by atoms with Gasteiger partial charge in [0.25, 0.3) is 0 Å². The molecule has 0 aromatic heterocycles. The predicted octanol–water partition coefficient (Wildman–Crippen LogP) is 0.657. The first kappa shape index (κ1) is 15.0. The number of anilines is 2. The Morgan fingerprint density at radius 3 is 2.77 bits per heavy atom. The molecule has 1 aromatic carbocycles. The monoisotopic (exact) mass is 302 g/mol. The highest BCUT2D eigenvalue weighted by molar-refractivity contribution is 5.97. The lowest BCUT2D eigenvalue weighted by atomic mass is 10.2. The minimum absolute atomic E-state index is 0.00759. The molecule has 22 heavy (non-hydrogen) atoms. The Morgan fingerprint density at radius 2 is 2.05 bits per heavy atom. The summed E-state index contributed by atoms with van der Waals surface area (Å²) in [6.07, 6.45) is 1.51. The van der Waals surface area contributed by atoms with Crippen molar-refractivity contribution in [2.75, 3.05) is 49.5 Å². The van der Waals surface area contributed by atoms with Crippen molar-refractivity contribution in [3.05, 3.63) is 24.3 Å². The van der Waals surface area contributed by atoms with Crippen LogP contribution in [0.3, 0.4) is 0 Å². The third kappa shape index (κ3) is 3.64. The molecule has 2 fully saturated rings. The standard InChI is InChI=1S/C16H22N4O2/c21-15(12-19-9-6-17-7-10-19)18-13-3-1-4-14(11-13)20-8-2-5-16(20)22/h1,3-4,11,17H,2,5-10,12H2,(H,18,21). The molecule has 0 radical (unpaired) electrons. The van der Waals surface area contributed by atoms with Crippen molar-refractivity contribution in [2.24, 2.45) is 0 Å². The van der Waals surface area contributed by atoms with Crippen LogP contribution in [0, 0.1) is 0 Å². The van der Waals surface area contributed by atoms with Crippen molar-refractivity contribution < 1.29 is 9.59 Å². The first-order valence-electron chi connectivity index (χ1n) is 7.86. The van der Waals surface area contributed by atoms with Gasteiger partial charge in [0.1, 0.15) is 0 Å². The fourth-order valence-corrected chi connectivity index (χ4v) is 2.95. The van der Waals surface area contributed by atoms with E-state index in [4.69, 9.17) is 0 Å². The number of hydrogen-bond acceptors (Lipinski definition) is 4. The molecule has 2 heterocycles. The van der Waals surface area contributed by atoms with Gasteiger partial charge in [0.15, 0.2) is 0 Å². The third-order valence-corrected chi connectivity index (χ3v) is 4.09. The van der Waals surface area contributed by atoms with Crippen LogP contribution in [0.2, 0.25) is 0 Å². The quantitative estimate of drug-likeness (QED) is 0.857. The lowest BCUT2D eigenvalue weighted by Gasteiger charge is -2.26. The lowest BCUT2D eigenvalue weighted by molar-refractivity contribution is -0.118. The molecule has 6 heteroatoms. The molecule has 118 valence electrons. The largest absolute Gasteiger partial charge is 0.325 e. The Hall–Kier alpha value is -1.92. The summed E-state index contributed by atoms with van der Waals surface area (Å²) in [5.41, 5.74) is 1.61. The molecule has 0 atom stereocenters. The summed E-state index contributed by atoms with van der Waals surface area (Å²) in [5.74, 6) is 0.149. The zero-order valence-corrected chi connectivity index (χ0v) is 12.7. The molecule has 2 aliphatic heterocycles. The van der Waals surface area contributed by atoms with E-state index in [1.165, 1.54) is 0 Å². The maximum atomic E-state index is 12.1. The minimum atomic E-state index is -0.00759. The molecule has 0 spiro atoms. The van der Waals surface area contributed by atoms with E-state index in [2.05, 4.69) is 15.5 Å². The van der Waals surface area contributed by atoms with Gasteiger partial charge in [-0.2, -0.15) is 0 Å². The van der Waals surface area contributed by atoms with Gasteiger partial charge in [-0.3, -0.25) is 14.5 Å². The molecule has 0 bridgehead atoms. The predicted molar refractivity (Wildman–Crippen MR) is 86.0 cm³/mol. The first-order chi connectivity index (χ1) is 10.7. The summed E-state index contributed by atoms with van der Waals surface area (Å²) in [7, 11) is 0. The molecule has 2 amide bonds. The third-order valence-electron chi connectivity index (χ3n) is 4.09. The van der Waals surface area contributed by atoms with Gasteiger partial charge < -0.3 is 15.5 Å². The number of nitrogens with one attached hydrogen (secondary N) is 2. The fraction of sp³-hybridized carbons (Fsp3) is 0.500. The van der Waals surface area contributed by atoms with Crippen LogP contribution in [0.15, 0.2) is 24.3 Å². The Balaban J connectivity index is 1.60. The van der Waals surface area contributed by atoms with Gasteiger partial charge in [-0.1, -0.05) is 6.07 Å². The molecule has 3 rings (SSSR count). The molecule has 1 aromatic rings. The van der Waals surface area contributed by atoms with E-state index >= 15 is 0 Å². The SMILES string of the molecule is O=C(CN1CCNCC1)Nc1cccc(N2CCCC2=O)c1. The number of piperazine rings is 1. The highest BCUT2D eigenvalue weighted by Gasteiger charge is 2.22. The summed E-state index contributed by atoms with van der Waals surface area (Å²) in [5, 5.41) is 6.20. The van der Waals surface area contributed by atoms with Crippen LogP contribution in [0.5, 0.6) is 0 Å². The smallest absolute Gasteiger partial charge is 0.238 e. The first-order valence-corrected chi connectivity index (χ1v) is 7.86. The van der Waals surface area contributed by atoms with Gasteiger partial charge in [0, 0.05) is 50.5 Å². The molecule has 2 aliphatic rings. The molecule has 2 saturated heterocycles. The molecule has 0 aliphatic carbocycles. The van der Waals surface area contributed by atoms with Crippen molar-refractivity contribution in [1.29, 1.82) is 0 Å². The Bertz CT molecular complexity index is 555. The number of rotatable bonds is 4. The number of amides is 2. The van der Waals surface area contributed by atoms with Crippen LogP contribution in [0.4, 0.5) is 11.4 Å². The summed E-state index contributed by atoms with van der Waals surface area (Å²) in [4.78, 5) is 27.8. The normalized spacial score (nSPS) is 19.5. The van der Waals surface area contributed by atoms with Gasteiger partial charge >= 0.3 is 0 Å². The highest BCUT2D eigenvalue weighted by Crippen LogP contribution is 2.24. The van der Waals surface area contributed by atoms with Crippen molar-refractivity contribution in [3.63, 3.8) is 0 Å². The summed E-state index contributed by atoms with van der Waals surface area (Å²) in [6.45, 7) is 4.83. The van der Waals surface area contributed by atoms with Gasteiger partial charge in [-0.25, -0.2) is 0 Å². The van der Waals surface area contributed by atoms with Gasteiger partial charge in [-0.15, -0.1) is 0 Å². The summed E-state index contributed by atoms with van der Waals surface area (Å²) >= 11 is 0. The lowest BCUT2D eigenvalue weighted by Crippen LogP contribution is -2.46. The maximum Gasteiger partial charge on any atom is 0.238 e. The number of carbonyl (C=O) groups excluding carboxylic acids is 2. The van der Waals surface area contributed by atoms with Crippen molar-refractivity contribution in [2.45, 2.75) is 12.8 Å². The van der Waals surface area contributed by atoms with E-state index in [0.29, 0.717) is 13.0 Å². The van der Waals surface area contributed by atoms with Crippen LogP contribution >= 0.6 is 0 Å². The molecule has 0 saturated carbocycles. The molecular weight excluding hydrogens is 280 g/mol. The minimum Gasteiger partial charge on any atom is -0.325 e. The van der Waals surface area contributed by atoms with Gasteiger partial charge in [0.2, 0.25) is 11.8 Å². The number of nitrogens with zero attached hydrogens (tertiary/aromatic N) is 2. The van der Waals surface area contributed by atoms with Crippen LogP contribution in [-0.2, 0) is 9.59 Å². The topological polar surface area (TPSA) is 64.7 Å². The fourth-order valence-electron chi connectivity index (χ4n) is 2.95. The van der Waals surface area contributed by atoms with Crippen molar-refractivity contribution >= 4 is 23.2 Å². The van der Waals surface area contributed by atoms with E-state index in [1.54, 1.807) is 4.90 Å². The van der Waals surface area contributed by atoms with Crippen LogP contribution < -0.4 is 15.5 Å². The van der Waals surface area contributed by atoms with E-state index in [9.17, 15) is 9.59 Å². The average molecular weight is 302 g/mol. The highest BCUT2D eigenvalue weighted by atomic mass is 16.2. The average Bonchev–Trinajstić information content (AvgIpc) is 2.94. The zero-order valence-electron chi connectivity index (χ0n) is 12.7. The summed E-state index contributed by atoms with van der Waals surface area (Å²) < 4.78 is 0. The zero-order chi connectivity index (χ0) is 15.4. The molecule has 2 N–H and O–H groups in total. The van der Waals surface area contributed by atoms with E-state index < -0.39 is 0 Å². The van der Waals surface area contributed by atoms with Crippen LogP contribution in [0.1, 0.15) is 12.8 Å². The second-order valence-corrected chi connectivity index (χ2v) is 5.77. The Morgan fingerprint density at radius 1 is 1.23 bits per heavy atom. The Kier molecular flexibility index (Phi) is 4.70. The van der Waals surface area contributed by atoms with E-state index in [0.717, 1.165) is 50.5 Å². The maximum absolute atomic E-state index is 12.1. The molecule has 6 nitrogen and oxygen atoms in total. The van der Waals surface area contributed by atoms with Crippen LogP contribution in [-0.4, -0.2) is 56.0 Å². The molecular formula is C16H22N4O2. The Labute approximate surface area is 130 Å². The number of hydrogen-bond donors (Lipinski definition) is 2. The van der Waals surface area contributed by atoms with E-state index in [1.807, 2.05) is 24.3 Å². The number of benzene rings is 1. The van der Waals surface area contributed by atoms with Crippen LogP contribution in [0.25, 0.3) is 0 Å². The summed E-state index contributed by atoms with van der Waals surface area (Å²) in [6, 6.07) is 7.52.